The summed E-state index contributed by atoms with van der Waals surface area (Å²) in [6.45, 7) is 1.79. The normalized spacial score (nSPS) is 15.0. The fraction of sp³-hybridized carbons (Fsp3) is 0.267. The van der Waals surface area contributed by atoms with E-state index in [2.05, 4.69) is 0 Å². The first-order valence-electron chi connectivity index (χ1n) is 6.37. The van der Waals surface area contributed by atoms with Crippen molar-refractivity contribution in [2.75, 3.05) is 13.1 Å². The van der Waals surface area contributed by atoms with Crippen molar-refractivity contribution in [1.29, 1.82) is 0 Å². The van der Waals surface area contributed by atoms with Gasteiger partial charge in [0.05, 0.1) is 0 Å². The third-order valence-corrected chi connectivity index (χ3v) is 3.39. The van der Waals surface area contributed by atoms with Gasteiger partial charge in [-0.3, -0.25) is 4.79 Å². The third-order valence-electron chi connectivity index (χ3n) is 3.39. The fourth-order valence-corrected chi connectivity index (χ4v) is 2.41. The van der Waals surface area contributed by atoms with Crippen LogP contribution in [0.15, 0.2) is 48.8 Å². The van der Waals surface area contributed by atoms with Crippen molar-refractivity contribution in [2.24, 2.45) is 0 Å². The number of rotatable bonds is 2. The van der Waals surface area contributed by atoms with E-state index in [4.69, 9.17) is 0 Å². The Hall–Kier alpha value is -2.03. The predicted octanol–water partition coefficient (Wildman–Crippen LogP) is 2.71. The van der Waals surface area contributed by atoms with Gasteiger partial charge in [-0.2, -0.15) is 0 Å². The largest absolute Gasteiger partial charge is 0.339 e. The summed E-state index contributed by atoms with van der Waals surface area (Å²) >= 11 is 0. The van der Waals surface area contributed by atoms with Gasteiger partial charge < -0.3 is 9.47 Å². The molecule has 3 nitrogen and oxygen atoms in total. The van der Waals surface area contributed by atoms with Crippen LogP contribution >= 0.6 is 0 Å². The second-order valence-electron chi connectivity index (χ2n) is 4.64. The van der Waals surface area contributed by atoms with Crippen molar-refractivity contribution in [1.82, 2.24) is 9.47 Å². The average Bonchev–Trinajstić information content (AvgIpc) is 3.11. The molecule has 92 valence electrons. The molecule has 0 spiro atoms. The molecule has 1 aromatic heterocycles. The van der Waals surface area contributed by atoms with Crippen LogP contribution in [0.4, 0.5) is 0 Å². The van der Waals surface area contributed by atoms with Crippen molar-refractivity contribution in [2.45, 2.75) is 12.8 Å². The summed E-state index contributed by atoms with van der Waals surface area (Å²) in [7, 11) is 0. The molecule has 2 aromatic rings. The molecule has 0 aliphatic carbocycles. The highest BCUT2D eigenvalue weighted by Gasteiger charge is 2.19. The molecule has 1 aromatic carbocycles. The molecule has 2 heterocycles. The molecule has 3 heteroatoms. The topological polar surface area (TPSA) is 25.2 Å². The minimum atomic E-state index is 0.154. The van der Waals surface area contributed by atoms with E-state index in [1.54, 1.807) is 0 Å². The zero-order valence-corrected chi connectivity index (χ0v) is 10.2. The van der Waals surface area contributed by atoms with Gasteiger partial charge in [0.25, 0.3) is 5.91 Å². The number of hydrogen-bond donors (Lipinski definition) is 0. The Labute approximate surface area is 107 Å². The van der Waals surface area contributed by atoms with Gasteiger partial charge in [-0.1, -0.05) is 6.07 Å². The minimum absolute atomic E-state index is 0.154. The van der Waals surface area contributed by atoms with Crippen LogP contribution in [0.1, 0.15) is 23.2 Å². The highest BCUT2D eigenvalue weighted by Crippen LogP contribution is 2.16. The van der Waals surface area contributed by atoms with E-state index in [0.717, 1.165) is 37.2 Å². The van der Waals surface area contributed by atoms with E-state index < -0.39 is 0 Å². The van der Waals surface area contributed by atoms with E-state index in [-0.39, 0.29) is 5.91 Å². The summed E-state index contributed by atoms with van der Waals surface area (Å²) in [6, 6.07) is 11.8. The standard InChI is InChI=1S/C15H16N2O/c18-15(17-10-3-4-11-17)13-6-5-7-14(12-13)16-8-1-2-9-16/h1-2,5-9,12H,3-4,10-11H2. The minimum Gasteiger partial charge on any atom is -0.339 e. The van der Waals surface area contributed by atoms with Crippen LogP contribution in [0.5, 0.6) is 0 Å². The molecule has 1 saturated heterocycles. The summed E-state index contributed by atoms with van der Waals surface area (Å²) in [5.74, 6) is 0.154. The van der Waals surface area contributed by atoms with E-state index in [1.165, 1.54) is 0 Å². The maximum absolute atomic E-state index is 12.3. The molecular weight excluding hydrogens is 224 g/mol. The number of carbonyl (C=O) groups excluding carboxylic acids is 1. The molecule has 1 aliphatic rings. The molecule has 1 fully saturated rings. The highest BCUT2D eigenvalue weighted by molar-refractivity contribution is 5.94. The number of benzene rings is 1. The van der Waals surface area contributed by atoms with E-state index in [1.807, 2.05) is 58.3 Å². The number of likely N-dealkylation sites (tertiary alicyclic amines) is 1. The number of aromatic nitrogens is 1. The van der Waals surface area contributed by atoms with Crippen molar-refractivity contribution >= 4 is 5.91 Å². The summed E-state index contributed by atoms with van der Waals surface area (Å²) in [5, 5.41) is 0. The van der Waals surface area contributed by atoms with Gasteiger partial charge in [0.1, 0.15) is 0 Å². The molecule has 0 atom stereocenters. The monoisotopic (exact) mass is 240 g/mol. The van der Waals surface area contributed by atoms with Crippen LogP contribution in [0, 0.1) is 0 Å². The zero-order chi connectivity index (χ0) is 12.4. The molecule has 0 bridgehead atoms. The number of amides is 1. The van der Waals surface area contributed by atoms with Crippen molar-refractivity contribution in [3.63, 3.8) is 0 Å². The van der Waals surface area contributed by atoms with Crippen molar-refractivity contribution in [3.05, 3.63) is 54.4 Å². The lowest BCUT2D eigenvalue weighted by molar-refractivity contribution is 0.0793. The highest BCUT2D eigenvalue weighted by atomic mass is 16.2. The fourth-order valence-electron chi connectivity index (χ4n) is 2.41. The van der Waals surface area contributed by atoms with Gasteiger partial charge in [-0.25, -0.2) is 0 Å². The second kappa shape index (κ2) is 4.69. The van der Waals surface area contributed by atoms with Gasteiger partial charge in [0.2, 0.25) is 0 Å². The zero-order valence-electron chi connectivity index (χ0n) is 10.2. The Morgan fingerprint density at radius 3 is 2.44 bits per heavy atom. The lowest BCUT2D eigenvalue weighted by Crippen LogP contribution is -2.27. The number of nitrogens with zero attached hydrogens (tertiary/aromatic N) is 2. The Morgan fingerprint density at radius 2 is 1.72 bits per heavy atom. The molecule has 0 radical (unpaired) electrons. The maximum atomic E-state index is 12.3. The first kappa shape index (κ1) is 11.1. The molecule has 0 saturated carbocycles. The maximum Gasteiger partial charge on any atom is 0.253 e. The first-order valence-corrected chi connectivity index (χ1v) is 6.37. The Kier molecular flexibility index (Phi) is 2.89. The van der Waals surface area contributed by atoms with Crippen molar-refractivity contribution < 1.29 is 4.79 Å². The summed E-state index contributed by atoms with van der Waals surface area (Å²) in [6.07, 6.45) is 6.23. The number of carbonyl (C=O) groups is 1. The van der Waals surface area contributed by atoms with E-state index in [0.29, 0.717) is 0 Å². The SMILES string of the molecule is O=C(c1cccc(-n2cccc2)c1)N1CCCC1. The van der Waals surface area contributed by atoms with Gasteiger partial charge in [0, 0.05) is 36.7 Å². The molecule has 3 rings (SSSR count). The van der Waals surface area contributed by atoms with Crippen molar-refractivity contribution in [3.8, 4) is 5.69 Å². The molecule has 0 unspecified atom stereocenters. The van der Waals surface area contributed by atoms with E-state index >= 15 is 0 Å². The summed E-state index contributed by atoms with van der Waals surface area (Å²) in [4.78, 5) is 14.2. The average molecular weight is 240 g/mol. The smallest absolute Gasteiger partial charge is 0.253 e. The summed E-state index contributed by atoms with van der Waals surface area (Å²) < 4.78 is 2.01. The third kappa shape index (κ3) is 2.04. The molecular formula is C15H16N2O. The van der Waals surface area contributed by atoms with Crippen LogP contribution in [0.2, 0.25) is 0 Å². The van der Waals surface area contributed by atoms with Crippen LogP contribution in [0.25, 0.3) is 5.69 Å². The van der Waals surface area contributed by atoms with Crippen LogP contribution in [-0.4, -0.2) is 28.5 Å². The van der Waals surface area contributed by atoms with Gasteiger partial charge in [-0.05, 0) is 43.2 Å². The van der Waals surface area contributed by atoms with Crippen LogP contribution in [0.3, 0.4) is 0 Å². The number of hydrogen-bond acceptors (Lipinski definition) is 1. The summed E-state index contributed by atoms with van der Waals surface area (Å²) in [5.41, 5.74) is 1.81. The second-order valence-corrected chi connectivity index (χ2v) is 4.64. The Bertz CT molecular complexity index is 539. The van der Waals surface area contributed by atoms with Crippen LogP contribution < -0.4 is 0 Å². The molecule has 1 amide bonds. The predicted molar refractivity (Wildman–Crippen MR) is 70.9 cm³/mol. The Balaban J connectivity index is 1.89. The Morgan fingerprint density at radius 1 is 1.00 bits per heavy atom. The molecule has 1 aliphatic heterocycles. The molecule has 18 heavy (non-hydrogen) atoms. The van der Waals surface area contributed by atoms with Gasteiger partial charge >= 0.3 is 0 Å². The first-order chi connectivity index (χ1) is 8.84. The quantitative estimate of drug-likeness (QED) is 0.792. The van der Waals surface area contributed by atoms with Crippen LogP contribution in [-0.2, 0) is 0 Å². The van der Waals surface area contributed by atoms with E-state index in [9.17, 15) is 4.79 Å². The van der Waals surface area contributed by atoms with Gasteiger partial charge in [0.15, 0.2) is 0 Å². The van der Waals surface area contributed by atoms with Gasteiger partial charge in [-0.15, -0.1) is 0 Å². The molecule has 0 N–H and O–H groups in total. The lowest BCUT2D eigenvalue weighted by atomic mass is 10.1. The lowest BCUT2D eigenvalue weighted by Gasteiger charge is -2.15.